The van der Waals surface area contributed by atoms with Gasteiger partial charge in [-0.25, -0.2) is 0 Å². The number of hydrogen-bond acceptors (Lipinski definition) is 2. The van der Waals surface area contributed by atoms with Crippen LogP contribution in [-0.2, 0) is 6.42 Å². The molecule has 2 N–H and O–H groups in total. The second kappa shape index (κ2) is 6.79. The molecule has 0 radical (unpaired) electrons. The van der Waals surface area contributed by atoms with Gasteiger partial charge in [0.15, 0.2) is 0 Å². The fraction of sp³-hybridized carbons (Fsp3) is 0.625. The molecule has 2 nitrogen and oxygen atoms in total. The van der Waals surface area contributed by atoms with Gasteiger partial charge in [0.25, 0.3) is 0 Å². The third-order valence-corrected chi connectivity index (χ3v) is 3.44. The van der Waals surface area contributed by atoms with Crippen LogP contribution in [-0.4, -0.2) is 12.1 Å². The van der Waals surface area contributed by atoms with Gasteiger partial charge >= 0.3 is 0 Å². The summed E-state index contributed by atoms with van der Waals surface area (Å²) < 4.78 is 5.98. The highest BCUT2D eigenvalue weighted by atomic mass is 16.5. The molecule has 0 aliphatic carbocycles. The number of hydrogen-bond donors (Lipinski definition) is 1. The fourth-order valence-electron chi connectivity index (χ4n) is 2.08. The van der Waals surface area contributed by atoms with Crippen LogP contribution in [0.25, 0.3) is 0 Å². The number of benzene rings is 1. The van der Waals surface area contributed by atoms with E-state index in [1.807, 2.05) is 0 Å². The van der Waals surface area contributed by atoms with Gasteiger partial charge in [-0.2, -0.15) is 0 Å². The van der Waals surface area contributed by atoms with Gasteiger partial charge in [-0.05, 0) is 56.7 Å². The highest BCUT2D eigenvalue weighted by Gasteiger charge is 2.10. The maximum Gasteiger partial charge on any atom is 0.125 e. The van der Waals surface area contributed by atoms with Gasteiger partial charge in [0.1, 0.15) is 5.75 Å². The minimum absolute atomic E-state index is 0.255. The summed E-state index contributed by atoms with van der Waals surface area (Å²) in [7, 11) is 0. The van der Waals surface area contributed by atoms with Gasteiger partial charge in [0.05, 0.1) is 6.10 Å². The second-order valence-electron chi connectivity index (χ2n) is 5.27. The molecule has 0 heterocycles. The van der Waals surface area contributed by atoms with Crippen LogP contribution in [0.1, 0.15) is 50.3 Å². The Bertz CT molecular complexity index is 364. The Labute approximate surface area is 112 Å². The third-order valence-electron chi connectivity index (χ3n) is 3.44. The summed E-state index contributed by atoms with van der Waals surface area (Å²) in [5, 5.41) is 0. The lowest BCUT2D eigenvalue weighted by atomic mass is 9.99. The van der Waals surface area contributed by atoms with E-state index in [-0.39, 0.29) is 12.1 Å². The number of ether oxygens (including phenoxy) is 1. The quantitative estimate of drug-likeness (QED) is 0.833. The molecule has 2 unspecified atom stereocenters. The van der Waals surface area contributed by atoms with Crippen LogP contribution < -0.4 is 10.5 Å². The Kier molecular flexibility index (Phi) is 5.67. The molecule has 0 spiro atoms. The van der Waals surface area contributed by atoms with Gasteiger partial charge in [0.2, 0.25) is 0 Å². The van der Waals surface area contributed by atoms with Crippen molar-refractivity contribution in [3.8, 4) is 5.75 Å². The number of nitrogens with two attached hydrogens (primary N) is 1. The molecule has 1 aromatic rings. The predicted molar refractivity (Wildman–Crippen MR) is 78.3 cm³/mol. The van der Waals surface area contributed by atoms with Gasteiger partial charge in [0, 0.05) is 6.04 Å². The number of aryl methyl sites for hydroxylation is 2. The lowest BCUT2D eigenvalue weighted by molar-refractivity contribution is 0.214. The summed E-state index contributed by atoms with van der Waals surface area (Å²) >= 11 is 0. The standard InChI is InChI=1S/C16H27NO/c1-6-13(5)18-16-11(3)8-14(9-12(16)4)10-15(17)7-2/h8-9,13,15H,6-7,10,17H2,1-5H3. The average Bonchev–Trinajstić information content (AvgIpc) is 2.33. The van der Waals surface area contributed by atoms with Crippen molar-refractivity contribution in [2.45, 2.75) is 66.0 Å². The first-order valence-corrected chi connectivity index (χ1v) is 7.00. The summed E-state index contributed by atoms with van der Waals surface area (Å²) in [6, 6.07) is 4.67. The Morgan fingerprint density at radius 2 is 1.67 bits per heavy atom. The molecule has 18 heavy (non-hydrogen) atoms. The Balaban J connectivity index is 2.90. The fourth-order valence-corrected chi connectivity index (χ4v) is 2.08. The van der Waals surface area contributed by atoms with Gasteiger partial charge in [-0.1, -0.05) is 26.0 Å². The van der Waals surface area contributed by atoms with Crippen molar-refractivity contribution in [1.29, 1.82) is 0 Å². The van der Waals surface area contributed by atoms with Crippen LogP contribution >= 0.6 is 0 Å². The predicted octanol–water partition coefficient (Wildman–Crippen LogP) is 3.76. The Morgan fingerprint density at radius 1 is 1.11 bits per heavy atom. The van der Waals surface area contributed by atoms with E-state index in [2.05, 4.69) is 46.8 Å². The zero-order chi connectivity index (χ0) is 13.7. The largest absolute Gasteiger partial charge is 0.490 e. The van der Waals surface area contributed by atoms with E-state index >= 15 is 0 Å². The van der Waals surface area contributed by atoms with Crippen LogP contribution in [0.3, 0.4) is 0 Å². The van der Waals surface area contributed by atoms with E-state index in [9.17, 15) is 0 Å². The van der Waals surface area contributed by atoms with E-state index in [1.165, 1.54) is 16.7 Å². The van der Waals surface area contributed by atoms with Crippen molar-refractivity contribution in [1.82, 2.24) is 0 Å². The van der Waals surface area contributed by atoms with Crippen molar-refractivity contribution < 1.29 is 4.74 Å². The highest BCUT2D eigenvalue weighted by Crippen LogP contribution is 2.26. The lowest BCUT2D eigenvalue weighted by Crippen LogP contribution is -2.21. The zero-order valence-electron chi connectivity index (χ0n) is 12.4. The lowest BCUT2D eigenvalue weighted by Gasteiger charge is -2.19. The zero-order valence-corrected chi connectivity index (χ0v) is 12.4. The van der Waals surface area contributed by atoms with Crippen molar-refractivity contribution >= 4 is 0 Å². The van der Waals surface area contributed by atoms with Gasteiger partial charge < -0.3 is 10.5 Å². The summed E-state index contributed by atoms with van der Waals surface area (Å²) in [4.78, 5) is 0. The van der Waals surface area contributed by atoms with Gasteiger partial charge in [-0.3, -0.25) is 0 Å². The van der Waals surface area contributed by atoms with Gasteiger partial charge in [-0.15, -0.1) is 0 Å². The number of rotatable bonds is 6. The first-order valence-electron chi connectivity index (χ1n) is 7.00. The van der Waals surface area contributed by atoms with E-state index in [0.29, 0.717) is 0 Å². The van der Waals surface area contributed by atoms with Crippen molar-refractivity contribution in [2.24, 2.45) is 5.73 Å². The molecular formula is C16H27NO. The maximum atomic E-state index is 6.01. The van der Waals surface area contributed by atoms with Crippen molar-refractivity contribution in [2.75, 3.05) is 0 Å². The SMILES string of the molecule is CCC(N)Cc1cc(C)c(OC(C)CC)c(C)c1. The monoisotopic (exact) mass is 249 g/mol. The molecule has 2 atom stereocenters. The molecule has 102 valence electrons. The van der Waals surface area contributed by atoms with Crippen LogP contribution in [0.15, 0.2) is 12.1 Å². The summed E-state index contributed by atoms with van der Waals surface area (Å²) in [6.45, 7) is 10.6. The van der Waals surface area contributed by atoms with E-state index in [4.69, 9.17) is 10.5 Å². The minimum atomic E-state index is 0.255. The molecule has 1 rings (SSSR count). The normalized spacial score (nSPS) is 14.3. The molecule has 0 aliphatic rings. The molecule has 2 heteroatoms. The molecule has 0 fully saturated rings. The Morgan fingerprint density at radius 3 is 2.11 bits per heavy atom. The van der Waals surface area contributed by atoms with E-state index in [1.54, 1.807) is 0 Å². The Hall–Kier alpha value is -1.02. The van der Waals surface area contributed by atoms with Crippen molar-refractivity contribution in [3.63, 3.8) is 0 Å². The van der Waals surface area contributed by atoms with Crippen LogP contribution in [0.2, 0.25) is 0 Å². The van der Waals surface area contributed by atoms with E-state index < -0.39 is 0 Å². The second-order valence-corrected chi connectivity index (χ2v) is 5.27. The molecule has 0 aliphatic heterocycles. The minimum Gasteiger partial charge on any atom is -0.490 e. The van der Waals surface area contributed by atoms with Crippen LogP contribution in [0.4, 0.5) is 0 Å². The topological polar surface area (TPSA) is 35.2 Å². The van der Waals surface area contributed by atoms with Crippen LogP contribution in [0, 0.1) is 13.8 Å². The molecule has 0 bridgehead atoms. The van der Waals surface area contributed by atoms with Crippen molar-refractivity contribution in [3.05, 3.63) is 28.8 Å². The molecular weight excluding hydrogens is 222 g/mol. The third kappa shape index (κ3) is 4.02. The summed E-state index contributed by atoms with van der Waals surface area (Å²) in [6.07, 6.45) is 3.26. The summed E-state index contributed by atoms with van der Waals surface area (Å²) in [5.74, 6) is 1.04. The summed E-state index contributed by atoms with van der Waals surface area (Å²) in [5.41, 5.74) is 9.76. The first kappa shape index (κ1) is 15.0. The molecule has 0 saturated carbocycles. The smallest absolute Gasteiger partial charge is 0.125 e. The first-order chi connectivity index (χ1) is 8.47. The molecule has 0 saturated heterocycles. The highest BCUT2D eigenvalue weighted by molar-refractivity contribution is 5.43. The van der Waals surface area contributed by atoms with Crippen LogP contribution in [0.5, 0.6) is 5.75 Å². The van der Waals surface area contributed by atoms with E-state index in [0.717, 1.165) is 25.0 Å². The molecule has 0 aromatic heterocycles. The average molecular weight is 249 g/mol. The molecule has 0 amide bonds. The molecule has 1 aromatic carbocycles. The maximum absolute atomic E-state index is 6.01.